The third-order valence-corrected chi connectivity index (χ3v) is 5.13. The summed E-state index contributed by atoms with van der Waals surface area (Å²) in [5.41, 5.74) is 0.488. The van der Waals surface area contributed by atoms with Crippen molar-refractivity contribution in [2.75, 3.05) is 13.7 Å². The molecule has 0 aliphatic carbocycles. The summed E-state index contributed by atoms with van der Waals surface area (Å²) in [7, 11) is 1.62. The molecule has 2 rings (SSSR count). The minimum atomic E-state index is -0.988. The molecule has 0 unspecified atom stereocenters. The minimum absolute atomic E-state index is 0.0655. The van der Waals surface area contributed by atoms with E-state index in [0.29, 0.717) is 13.0 Å². The molecule has 138 valence electrons. The third-order valence-electron chi connectivity index (χ3n) is 3.82. The lowest BCUT2D eigenvalue weighted by Gasteiger charge is -2.26. The van der Waals surface area contributed by atoms with E-state index in [4.69, 9.17) is 9.47 Å². The predicted octanol–water partition coefficient (Wildman–Crippen LogP) is 3.39. The van der Waals surface area contributed by atoms with Crippen LogP contribution in [0.1, 0.15) is 32.8 Å². The number of thioether (sulfide) groups is 1. The van der Waals surface area contributed by atoms with Crippen LogP contribution in [0.15, 0.2) is 24.3 Å². The first-order chi connectivity index (χ1) is 11.7. The number of rotatable bonds is 5. The van der Waals surface area contributed by atoms with Crippen molar-refractivity contribution in [3.05, 3.63) is 29.8 Å². The summed E-state index contributed by atoms with van der Waals surface area (Å²) in [6, 6.07) is 6.94. The first kappa shape index (κ1) is 19.4. The average molecular weight is 367 g/mol. The first-order valence-electron chi connectivity index (χ1n) is 8.16. The molecule has 0 bridgehead atoms. The number of methoxy groups -OCH3 is 1. The summed E-state index contributed by atoms with van der Waals surface area (Å²) < 4.78 is 10.5. The van der Waals surface area contributed by atoms with Crippen molar-refractivity contribution in [1.82, 2.24) is 4.90 Å². The van der Waals surface area contributed by atoms with Crippen LogP contribution in [0.5, 0.6) is 5.75 Å². The molecule has 1 amide bonds. The molecule has 0 saturated carbocycles. The number of carbonyl (C=O) groups excluding carboxylic acids is 1. The Balaban J connectivity index is 1.96. The Kier molecular flexibility index (Phi) is 6.21. The quantitative estimate of drug-likeness (QED) is 0.860. The van der Waals surface area contributed by atoms with Crippen LogP contribution in [0.3, 0.4) is 0 Å². The predicted molar refractivity (Wildman–Crippen MR) is 97.1 cm³/mol. The Morgan fingerprint density at radius 1 is 1.28 bits per heavy atom. The fourth-order valence-corrected chi connectivity index (χ4v) is 3.82. The number of hydrogen-bond acceptors (Lipinski definition) is 5. The van der Waals surface area contributed by atoms with Gasteiger partial charge in [0.15, 0.2) is 0 Å². The highest BCUT2D eigenvalue weighted by Crippen LogP contribution is 2.31. The number of likely N-dealkylation sites (tertiary alicyclic amines) is 1. The zero-order valence-corrected chi connectivity index (χ0v) is 15.8. The lowest BCUT2D eigenvalue weighted by Crippen LogP contribution is -2.43. The van der Waals surface area contributed by atoms with Gasteiger partial charge in [-0.15, -0.1) is 0 Å². The summed E-state index contributed by atoms with van der Waals surface area (Å²) in [6.45, 7) is 5.69. The molecule has 7 heteroatoms. The summed E-state index contributed by atoms with van der Waals surface area (Å²) >= 11 is 1.66. The van der Waals surface area contributed by atoms with E-state index in [1.54, 1.807) is 39.6 Å². The van der Waals surface area contributed by atoms with Crippen LogP contribution in [0.25, 0.3) is 0 Å². The monoisotopic (exact) mass is 367 g/mol. The van der Waals surface area contributed by atoms with Gasteiger partial charge in [0, 0.05) is 17.5 Å². The van der Waals surface area contributed by atoms with E-state index < -0.39 is 23.7 Å². The number of benzene rings is 1. The lowest BCUT2D eigenvalue weighted by atomic mass is 10.2. The van der Waals surface area contributed by atoms with Gasteiger partial charge in [-0.2, -0.15) is 11.8 Å². The Morgan fingerprint density at radius 3 is 2.44 bits per heavy atom. The molecule has 1 heterocycles. The number of carboxylic acids is 1. The summed E-state index contributed by atoms with van der Waals surface area (Å²) in [6.07, 6.45) is -0.137. The second kappa shape index (κ2) is 7.99. The average Bonchev–Trinajstić information content (AvgIpc) is 2.96. The standard InChI is InChI=1S/C18H25NO5S/c1-18(2,3)24-17(22)19-10-14(9-15(19)16(20)21)25-11-12-5-7-13(23-4)8-6-12/h5-8,14-15H,9-11H2,1-4H3,(H,20,21)/t14-,15+/m1/s1. The number of aliphatic carboxylic acids is 1. The van der Waals surface area contributed by atoms with Crippen LogP contribution in [0, 0.1) is 0 Å². The molecule has 1 aliphatic rings. The molecule has 0 spiro atoms. The van der Waals surface area contributed by atoms with Crippen LogP contribution in [-0.2, 0) is 15.3 Å². The van der Waals surface area contributed by atoms with E-state index in [2.05, 4.69) is 0 Å². The zero-order valence-electron chi connectivity index (χ0n) is 15.0. The molecule has 2 atom stereocenters. The van der Waals surface area contributed by atoms with Gasteiger partial charge in [-0.05, 0) is 44.9 Å². The van der Waals surface area contributed by atoms with Crippen LogP contribution in [0.4, 0.5) is 4.79 Å². The first-order valence-corrected chi connectivity index (χ1v) is 9.21. The number of hydrogen-bond donors (Lipinski definition) is 1. The van der Waals surface area contributed by atoms with Gasteiger partial charge in [-0.3, -0.25) is 4.90 Å². The number of ether oxygens (including phenoxy) is 2. The highest BCUT2D eigenvalue weighted by molar-refractivity contribution is 7.99. The normalized spacial score (nSPS) is 20.4. The summed E-state index contributed by atoms with van der Waals surface area (Å²) in [4.78, 5) is 25.1. The minimum Gasteiger partial charge on any atom is -0.497 e. The van der Waals surface area contributed by atoms with Gasteiger partial charge >= 0.3 is 12.1 Å². The molecular formula is C18H25NO5S. The number of nitrogens with zero attached hydrogens (tertiary/aromatic N) is 1. The fourth-order valence-electron chi connectivity index (χ4n) is 2.61. The van der Waals surface area contributed by atoms with E-state index in [1.165, 1.54) is 4.90 Å². The van der Waals surface area contributed by atoms with Gasteiger partial charge in [-0.1, -0.05) is 12.1 Å². The third kappa shape index (κ3) is 5.56. The van der Waals surface area contributed by atoms with Gasteiger partial charge in [-0.25, -0.2) is 9.59 Å². The molecule has 1 N–H and O–H groups in total. The summed E-state index contributed by atoms with van der Waals surface area (Å²) in [5.74, 6) is 0.568. The zero-order chi connectivity index (χ0) is 18.6. The van der Waals surface area contributed by atoms with Crippen LogP contribution >= 0.6 is 11.8 Å². The topological polar surface area (TPSA) is 76.1 Å². The van der Waals surface area contributed by atoms with Crippen molar-refractivity contribution >= 4 is 23.8 Å². The molecule has 1 aromatic carbocycles. The van der Waals surface area contributed by atoms with Crippen molar-refractivity contribution in [1.29, 1.82) is 0 Å². The van der Waals surface area contributed by atoms with Crippen molar-refractivity contribution in [3.8, 4) is 5.75 Å². The van der Waals surface area contributed by atoms with E-state index in [1.807, 2.05) is 24.3 Å². The Morgan fingerprint density at radius 2 is 1.92 bits per heavy atom. The number of carboxylic acid groups (broad SMARTS) is 1. The molecule has 1 aliphatic heterocycles. The highest BCUT2D eigenvalue weighted by atomic mass is 32.2. The molecule has 1 saturated heterocycles. The van der Waals surface area contributed by atoms with Gasteiger partial charge in [0.1, 0.15) is 17.4 Å². The lowest BCUT2D eigenvalue weighted by molar-refractivity contribution is -0.142. The number of carbonyl (C=O) groups is 2. The molecule has 25 heavy (non-hydrogen) atoms. The van der Waals surface area contributed by atoms with E-state index >= 15 is 0 Å². The van der Waals surface area contributed by atoms with Gasteiger partial charge < -0.3 is 14.6 Å². The SMILES string of the molecule is COc1ccc(CS[C@@H]2C[C@@H](C(=O)O)N(C(=O)OC(C)(C)C)C2)cc1. The smallest absolute Gasteiger partial charge is 0.411 e. The van der Waals surface area contributed by atoms with Crippen molar-refractivity contribution in [2.45, 2.75) is 49.8 Å². The maximum Gasteiger partial charge on any atom is 0.411 e. The largest absolute Gasteiger partial charge is 0.497 e. The highest BCUT2D eigenvalue weighted by Gasteiger charge is 2.41. The Bertz CT molecular complexity index is 611. The molecular weight excluding hydrogens is 342 g/mol. The Hall–Kier alpha value is -1.89. The maximum atomic E-state index is 12.3. The van der Waals surface area contributed by atoms with Crippen molar-refractivity contribution in [3.63, 3.8) is 0 Å². The van der Waals surface area contributed by atoms with E-state index in [0.717, 1.165) is 17.1 Å². The molecule has 6 nitrogen and oxygen atoms in total. The van der Waals surface area contributed by atoms with Crippen LogP contribution in [0.2, 0.25) is 0 Å². The molecule has 1 fully saturated rings. The van der Waals surface area contributed by atoms with E-state index in [9.17, 15) is 14.7 Å². The molecule has 0 radical (unpaired) electrons. The molecule has 1 aromatic rings. The van der Waals surface area contributed by atoms with Gasteiger partial charge in [0.05, 0.1) is 7.11 Å². The van der Waals surface area contributed by atoms with Crippen molar-refractivity contribution < 1.29 is 24.2 Å². The second-order valence-electron chi connectivity index (χ2n) is 7.00. The van der Waals surface area contributed by atoms with Crippen molar-refractivity contribution in [2.24, 2.45) is 0 Å². The van der Waals surface area contributed by atoms with E-state index in [-0.39, 0.29) is 5.25 Å². The van der Waals surface area contributed by atoms with Crippen LogP contribution in [-0.4, -0.2) is 52.6 Å². The summed E-state index contributed by atoms with van der Waals surface area (Å²) in [5, 5.41) is 9.48. The van der Waals surface area contributed by atoms with Gasteiger partial charge in [0.2, 0.25) is 0 Å². The maximum absolute atomic E-state index is 12.3. The van der Waals surface area contributed by atoms with Gasteiger partial charge in [0.25, 0.3) is 0 Å². The number of amides is 1. The fraction of sp³-hybridized carbons (Fsp3) is 0.556. The molecule has 0 aromatic heterocycles. The van der Waals surface area contributed by atoms with Crippen LogP contribution < -0.4 is 4.74 Å². The Labute approximate surface area is 152 Å². The second-order valence-corrected chi connectivity index (χ2v) is 8.29.